The van der Waals surface area contributed by atoms with Crippen LogP contribution in [-0.2, 0) is 13.6 Å². The van der Waals surface area contributed by atoms with E-state index in [1.165, 1.54) is 6.26 Å². The highest BCUT2D eigenvalue weighted by Gasteiger charge is 2.39. The molecule has 2 aromatic rings. The van der Waals surface area contributed by atoms with Crippen LogP contribution in [0.5, 0.6) is 0 Å². The lowest BCUT2D eigenvalue weighted by Crippen LogP contribution is -2.15. The Balaban J connectivity index is 2.36. The molecule has 2 heterocycles. The summed E-state index contributed by atoms with van der Waals surface area (Å²) in [6.45, 7) is 5.98. The highest BCUT2D eigenvalue weighted by Crippen LogP contribution is 2.60. The summed E-state index contributed by atoms with van der Waals surface area (Å²) in [5, 5.41) is 3.11. The van der Waals surface area contributed by atoms with Gasteiger partial charge in [0.1, 0.15) is 11.6 Å². The number of pyridine rings is 1. The van der Waals surface area contributed by atoms with E-state index < -0.39 is 13.4 Å². The molecule has 2 aromatic heterocycles. The lowest BCUT2D eigenvalue weighted by Gasteiger charge is -2.26. The van der Waals surface area contributed by atoms with E-state index in [2.05, 4.69) is 10.3 Å². The van der Waals surface area contributed by atoms with Crippen molar-refractivity contribution in [1.82, 2.24) is 4.98 Å². The number of hydrogen-bond acceptors (Lipinski definition) is 6. The molecule has 7 heteroatoms. The molecule has 0 amide bonds. The lowest BCUT2D eigenvalue weighted by atomic mass is 10.3. The Hall–Kier alpha value is -1.62. The summed E-state index contributed by atoms with van der Waals surface area (Å²) < 4.78 is 29.4. The second-order valence-corrected chi connectivity index (χ2v) is 6.71. The van der Waals surface area contributed by atoms with Gasteiger partial charge in [0, 0.05) is 5.69 Å². The Labute approximate surface area is 130 Å². The van der Waals surface area contributed by atoms with Gasteiger partial charge >= 0.3 is 7.60 Å². The van der Waals surface area contributed by atoms with Gasteiger partial charge in [0.25, 0.3) is 0 Å². The molecule has 0 unspecified atom stereocenters. The number of anilines is 1. The Morgan fingerprint density at radius 2 is 1.95 bits per heavy atom. The van der Waals surface area contributed by atoms with Crippen molar-refractivity contribution in [1.29, 1.82) is 0 Å². The maximum atomic E-state index is 13.1. The molecule has 0 aliphatic heterocycles. The normalized spacial score (nSPS) is 13.0. The second kappa shape index (κ2) is 7.58. The fraction of sp³-hybridized carbons (Fsp3) is 0.400. The van der Waals surface area contributed by atoms with Crippen molar-refractivity contribution < 1.29 is 18.0 Å². The predicted molar refractivity (Wildman–Crippen MR) is 84.9 cm³/mol. The van der Waals surface area contributed by atoms with E-state index in [1.807, 2.05) is 19.1 Å². The zero-order valence-electron chi connectivity index (χ0n) is 13.0. The van der Waals surface area contributed by atoms with Gasteiger partial charge in [-0.2, -0.15) is 0 Å². The topological polar surface area (TPSA) is 73.6 Å². The molecular formula is C15H21N2O4P. The summed E-state index contributed by atoms with van der Waals surface area (Å²) in [7, 11) is -3.44. The number of nitrogens with zero attached hydrogens (tertiary/aromatic N) is 1. The van der Waals surface area contributed by atoms with E-state index in [1.54, 1.807) is 32.0 Å². The molecule has 0 aromatic carbocycles. The molecule has 1 atom stereocenters. The fourth-order valence-corrected chi connectivity index (χ4v) is 3.90. The minimum Gasteiger partial charge on any atom is -0.466 e. The summed E-state index contributed by atoms with van der Waals surface area (Å²) in [6, 6.07) is 9.02. The van der Waals surface area contributed by atoms with Crippen LogP contribution in [0, 0.1) is 6.92 Å². The molecule has 0 radical (unpaired) electrons. The van der Waals surface area contributed by atoms with E-state index in [9.17, 15) is 4.57 Å². The monoisotopic (exact) mass is 324 g/mol. The predicted octanol–water partition coefficient (Wildman–Crippen LogP) is 4.36. The molecule has 120 valence electrons. The van der Waals surface area contributed by atoms with Crippen LogP contribution in [0.3, 0.4) is 0 Å². The van der Waals surface area contributed by atoms with Crippen molar-refractivity contribution in [2.75, 3.05) is 18.5 Å². The second-order valence-electron chi connectivity index (χ2n) is 4.60. The molecule has 0 spiro atoms. The zero-order chi connectivity index (χ0) is 16.0. The van der Waals surface area contributed by atoms with Crippen LogP contribution in [0.4, 0.5) is 5.82 Å². The Morgan fingerprint density at radius 3 is 2.50 bits per heavy atom. The third kappa shape index (κ3) is 3.97. The first kappa shape index (κ1) is 16.7. The number of nitrogens with one attached hydrogen (secondary N) is 1. The highest BCUT2D eigenvalue weighted by molar-refractivity contribution is 7.54. The first-order valence-corrected chi connectivity index (χ1v) is 8.82. The number of aryl methyl sites for hydroxylation is 1. The summed E-state index contributed by atoms with van der Waals surface area (Å²) in [5.41, 5.74) is 0.853. The van der Waals surface area contributed by atoms with E-state index in [0.29, 0.717) is 11.6 Å². The average Bonchev–Trinajstić information content (AvgIpc) is 2.99. The summed E-state index contributed by atoms with van der Waals surface area (Å²) in [4.78, 5) is 4.37. The molecular weight excluding hydrogens is 303 g/mol. The molecule has 0 saturated heterocycles. The molecule has 0 aliphatic carbocycles. The van der Waals surface area contributed by atoms with Crippen LogP contribution in [-0.4, -0.2) is 18.2 Å². The smallest absolute Gasteiger partial charge is 0.360 e. The van der Waals surface area contributed by atoms with E-state index >= 15 is 0 Å². The number of rotatable bonds is 8. The van der Waals surface area contributed by atoms with Crippen molar-refractivity contribution >= 4 is 13.4 Å². The summed E-state index contributed by atoms with van der Waals surface area (Å²) in [6.07, 6.45) is 1.52. The first-order valence-electron chi connectivity index (χ1n) is 7.21. The van der Waals surface area contributed by atoms with E-state index in [-0.39, 0.29) is 13.2 Å². The fourth-order valence-electron chi connectivity index (χ4n) is 2.06. The molecule has 0 aliphatic rings. The van der Waals surface area contributed by atoms with Gasteiger partial charge in [-0.05, 0) is 45.0 Å². The SMILES string of the molecule is CCOP(=O)(OCC)[C@@H](Nc1cccc(C)n1)c1ccco1. The Kier molecular flexibility index (Phi) is 5.77. The summed E-state index contributed by atoms with van der Waals surface area (Å²) in [5.74, 6) is 0.311. The molecule has 0 bridgehead atoms. The third-order valence-corrected chi connectivity index (χ3v) is 5.17. The van der Waals surface area contributed by atoms with Gasteiger partial charge in [-0.15, -0.1) is 0 Å². The Bertz CT molecular complexity index is 620. The van der Waals surface area contributed by atoms with Gasteiger partial charge in [0.15, 0.2) is 5.78 Å². The first-order chi connectivity index (χ1) is 10.6. The van der Waals surface area contributed by atoms with Gasteiger partial charge in [0.2, 0.25) is 0 Å². The largest absolute Gasteiger partial charge is 0.466 e. The van der Waals surface area contributed by atoms with E-state index in [4.69, 9.17) is 13.5 Å². The van der Waals surface area contributed by atoms with Crippen molar-refractivity contribution in [2.24, 2.45) is 0 Å². The van der Waals surface area contributed by atoms with Crippen LogP contribution in [0.1, 0.15) is 31.1 Å². The van der Waals surface area contributed by atoms with Crippen LogP contribution in [0.15, 0.2) is 41.0 Å². The van der Waals surface area contributed by atoms with E-state index in [0.717, 1.165) is 5.69 Å². The van der Waals surface area contributed by atoms with Crippen molar-refractivity contribution in [3.05, 3.63) is 48.0 Å². The molecule has 22 heavy (non-hydrogen) atoms. The number of aromatic nitrogens is 1. The summed E-state index contributed by atoms with van der Waals surface area (Å²) >= 11 is 0. The minimum absolute atomic E-state index is 0.275. The molecule has 6 nitrogen and oxygen atoms in total. The molecule has 0 fully saturated rings. The minimum atomic E-state index is -3.44. The maximum Gasteiger partial charge on any atom is 0.360 e. The lowest BCUT2D eigenvalue weighted by molar-refractivity contribution is 0.211. The van der Waals surface area contributed by atoms with Crippen molar-refractivity contribution in [3.63, 3.8) is 0 Å². The van der Waals surface area contributed by atoms with Crippen LogP contribution < -0.4 is 5.32 Å². The van der Waals surface area contributed by atoms with Gasteiger partial charge < -0.3 is 18.8 Å². The molecule has 2 rings (SSSR count). The standard InChI is InChI=1S/C15H21N2O4P/c1-4-20-22(18,21-5-2)15(13-9-7-11-19-13)17-14-10-6-8-12(3)16-14/h6-11,15H,4-5H2,1-3H3,(H,16,17)/t15-/m1/s1. The Morgan fingerprint density at radius 1 is 1.23 bits per heavy atom. The zero-order valence-corrected chi connectivity index (χ0v) is 13.9. The third-order valence-electron chi connectivity index (χ3n) is 2.92. The van der Waals surface area contributed by atoms with Crippen LogP contribution in [0.2, 0.25) is 0 Å². The maximum absolute atomic E-state index is 13.1. The highest BCUT2D eigenvalue weighted by atomic mass is 31.2. The molecule has 1 N–H and O–H groups in total. The molecule has 0 saturated carbocycles. The van der Waals surface area contributed by atoms with Gasteiger partial charge in [-0.3, -0.25) is 4.57 Å². The number of hydrogen-bond donors (Lipinski definition) is 1. The van der Waals surface area contributed by atoms with Crippen LogP contribution in [0.25, 0.3) is 0 Å². The average molecular weight is 324 g/mol. The van der Waals surface area contributed by atoms with Crippen molar-refractivity contribution in [2.45, 2.75) is 26.6 Å². The van der Waals surface area contributed by atoms with Gasteiger partial charge in [0.05, 0.1) is 19.5 Å². The van der Waals surface area contributed by atoms with Gasteiger partial charge in [-0.25, -0.2) is 4.98 Å². The van der Waals surface area contributed by atoms with Gasteiger partial charge in [-0.1, -0.05) is 6.07 Å². The van der Waals surface area contributed by atoms with Crippen molar-refractivity contribution in [3.8, 4) is 0 Å². The number of furan rings is 1. The quantitative estimate of drug-likeness (QED) is 0.727. The van der Waals surface area contributed by atoms with Crippen LogP contribution >= 0.6 is 7.60 Å².